The number of amides is 10. The second-order valence-electron chi connectivity index (χ2n) is 18.5. The van der Waals surface area contributed by atoms with Crippen LogP contribution in [-0.4, -0.2) is 199 Å². The lowest BCUT2D eigenvalue weighted by atomic mass is 9.88. The van der Waals surface area contributed by atoms with Gasteiger partial charge in [-0.05, 0) is 55.7 Å². The molecular weight excluding hydrogens is 1040 g/mol. The number of hydrogen-bond acceptors (Lipinski definition) is 18. The van der Waals surface area contributed by atoms with E-state index in [1.807, 2.05) is 5.32 Å². The second kappa shape index (κ2) is 32.5. The lowest BCUT2D eigenvalue weighted by molar-refractivity contribution is -0.148. The number of aromatic hydroxyl groups is 1. The van der Waals surface area contributed by atoms with Crippen LogP contribution in [0.4, 0.5) is 0 Å². The Bertz CT molecular complexity index is 2370. The molecule has 2 rings (SSSR count). The van der Waals surface area contributed by atoms with Gasteiger partial charge in [0.2, 0.25) is 58.9 Å². The number of carbonyl (C=O) groups is 14. The number of ketones is 2. The molecule has 1 saturated heterocycles. The van der Waals surface area contributed by atoms with Gasteiger partial charge in [0.05, 0.1) is 38.3 Å². The fraction of sp³-hybridized carbons (Fsp3) is 0.583. The summed E-state index contributed by atoms with van der Waals surface area (Å²) in [5.41, 5.74) is 5.57. The Hall–Kier alpha value is -8.12. The lowest BCUT2D eigenvalue weighted by Crippen LogP contribution is -2.60. The highest BCUT2D eigenvalue weighted by Gasteiger charge is 2.44. The average molecular weight is 1110 g/mol. The summed E-state index contributed by atoms with van der Waals surface area (Å²) < 4.78 is 0. The number of aliphatic hydroxyl groups excluding tert-OH is 3. The third-order valence-electron chi connectivity index (χ3n) is 12.1. The molecule has 30 heteroatoms. The van der Waals surface area contributed by atoms with E-state index in [0.29, 0.717) is 5.56 Å². The Morgan fingerprint density at radius 2 is 1.12 bits per heavy atom. The number of likely N-dealkylation sites (tertiary alicyclic amines) is 1. The number of nitrogens with zero attached hydrogens (tertiary/aromatic N) is 1. The van der Waals surface area contributed by atoms with Crippen LogP contribution >= 0.6 is 0 Å². The molecule has 0 bridgehead atoms. The van der Waals surface area contributed by atoms with Crippen molar-refractivity contribution in [3.8, 4) is 5.75 Å². The summed E-state index contributed by atoms with van der Waals surface area (Å²) >= 11 is 0. The largest absolute Gasteiger partial charge is 0.508 e. The number of hydrogen-bond donors (Lipinski definition) is 15. The normalized spacial score (nSPS) is 16.0. The minimum atomic E-state index is -1.85. The zero-order valence-electron chi connectivity index (χ0n) is 43.4. The summed E-state index contributed by atoms with van der Waals surface area (Å²) in [6.45, 7) is 1.58. The van der Waals surface area contributed by atoms with E-state index in [0.717, 1.165) is 11.8 Å². The van der Waals surface area contributed by atoms with E-state index < -0.39 is 188 Å². The molecule has 0 aromatic heterocycles. The molecule has 432 valence electrons. The van der Waals surface area contributed by atoms with Crippen molar-refractivity contribution in [2.45, 2.75) is 134 Å². The molecule has 9 atom stereocenters. The first-order valence-corrected chi connectivity index (χ1v) is 24.8. The van der Waals surface area contributed by atoms with Crippen molar-refractivity contribution in [1.29, 1.82) is 0 Å². The molecule has 16 N–H and O–H groups in total. The summed E-state index contributed by atoms with van der Waals surface area (Å²) in [7, 11) is 0. The van der Waals surface area contributed by atoms with E-state index >= 15 is 0 Å². The first kappa shape index (κ1) is 66.0. The number of nitrogens with two attached hydrogens (primary N) is 1. The van der Waals surface area contributed by atoms with Crippen LogP contribution in [0.3, 0.4) is 0 Å². The maximum absolute atomic E-state index is 14.2. The van der Waals surface area contributed by atoms with Crippen LogP contribution in [0.15, 0.2) is 24.3 Å². The SMILES string of the molecule is CCC[C@@H](C(=O)C(=O)NCC(=O)N[C@H](CO)C(=O)N[C@@H](CO)C(=O)N[C@@H](Cc1ccc(O)cc1)C(=O)N[C@@H](CO)C(N)=O)C(=O)[C@@H]1CCCN1C(=O)[C@H](NC(=O)[C@H](CCC(=O)O)NC(=O)[C@H](CCC(=O)O)NC(C)=O)C(C)C. The Kier molecular flexibility index (Phi) is 27.5. The van der Waals surface area contributed by atoms with Gasteiger partial charge < -0.3 is 83.8 Å². The average Bonchev–Trinajstić information content (AvgIpc) is 3.88. The predicted octanol–water partition coefficient (Wildman–Crippen LogP) is -6.14. The van der Waals surface area contributed by atoms with E-state index in [2.05, 4.69) is 37.2 Å². The molecule has 1 aromatic carbocycles. The first-order valence-electron chi connectivity index (χ1n) is 24.8. The summed E-state index contributed by atoms with van der Waals surface area (Å²) in [4.78, 5) is 182. The first-order chi connectivity index (χ1) is 36.7. The molecule has 10 amide bonds. The molecular formula is C48H70N10O20. The van der Waals surface area contributed by atoms with Crippen molar-refractivity contribution >= 4 is 82.6 Å². The van der Waals surface area contributed by atoms with Crippen LogP contribution < -0.4 is 48.3 Å². The molecule has 0 saturated carbocycles. The van der Waals surface area contributed by atoms with Crippen molar-refractivity contribution in [3.05, 3.63) is 29.8 Å². The van der Waals surface area contributed by atoms with Crippen molar-refractivity contribution in [2.24, 2.45) is 17.6 Å². The molecule has 1 heterocycles. The van der Waals surface area contributed by atoms with E-state index in [4.69, 9.17) is 10.8 Å². The van der Waals surface area contributed by atoms with Crippen molar-refractivity contribution in [2.75, 3.05) is 32.9 Å². The highest BCUT2D eigenvalue weighted by molar-refractivity contribution is 6.41. The van der Waals surface area contributed by atoms with E-state index in [-0.39, 0.29) is 50.8 Å². The highest BCUT2D eigenvalue weighted by atomic mass is 16.4. The number of phenolic OH excluding ortho intramolecular Hbond substituents is 1. The van der Waals surface area contributed by atoms with Gasteiger partial charge in [0, 0.05) is 32.7 Å². The topological polar surface area (TPSA) is 486 Å². The lowest BCUT2D eigenvalue weighted by Gasteiger charge is -2.32. The monoisotopic (exact) mass is 1110 g/mol. The third kappa shape index (κ3) is 21.1. The van der Waals surface area contributed by atoms with Crippen molar-refractivity contribution < 1.29 is 97.8 Å². The van der Waals surface area contributed by atoms with Crippen LogP contribution in [0.1, 0.15) is 84.6 Å². The molecule has 0 radical (unpaired) electrons. The second-order valence-corrected chi connectivity index (χ2v) is 18.5. The fourth-order valence-electron chi connectivity index (χ4n) is 7.93. The van der Waals surface area contributed by atoms with Gasteiger partial charge >= 0.3 is 11.9 Å². The van der Waals surface area contributed by atoms with Crippen molar-refractivity contribution in [3.63, 3.8) is 0 Å². The number of rotatable bonds is 34. The number of aliphatic hydroxyl groups is 3. The number of aliphatic carboxylic acids is 2. The minimum Gasteiger partial charge on any atom is -0.508 e. The number of nitrogens with one attached hydrogen (secondary N) is 8. The summed E-state index contributed by atoms with van der Waals surface area (Å²) in [5.74, 6) is -18.0. The standard InChI is InChI=1S/C48H70N10O20/c1-5-7-27(39(69)34-8-6-17-58(34)48(78)38(23(2)3)57-43(73)29(14-16-37(67)68)53-42(72)28(51-24(4)62)13-15-36(65)66)40(70)47(77)50-19-35(64)52-32(21-60)45(75)56-33(22-61)46(76)54-30(18-25-9-11-26(63)12-10-25)44(74)55-31(20-59)41(49)71/h9-12,23,27-34,38,59-61,63H,5-8,13-22H2,1-4H3,(H2,49,71)(H,50,77)(H,51,62)(H,52,64)(H,53,72)(H,54,76)(H,55,74)(H,56,75)(H,57,73)(H,65,66)(H,67,68)/t27-,28+,29+,30+,31+,32-,33+,34+,38-/m1/s1. The van der Waals surface area contributed by atoms with E-state index in [9.17, 15) is 92.7 Å². The predicted molar refractivity (Wildman–Crippen MR) is 266 cm³/mol. The molecule has 1 aromatic rings. The van der Waals surface area contributed by atoms with Gasteiger partial charge in [0.15, 0.2) is 5.78 Å². The molecule has 0 unspecified atom stereocenters. The molecule has 1 aliphatic heterocycles. The zero-order valence-corrected chi connectivity index (χ0v) is 43.4. The van der Waals surface area contributed by atoms with E-state index in [1.165, 1.54) is 38.1 Å². The maximum atomic E-state index is 14.2. The van der Waals surface area contributed by atoms with Gasteiger partial charge in [0.25, 0.3) is 5.91 Å². The number of Topliss-reactive ketones (excluding diaryl/α,β-unsaturated/α-hetero) is 2. The Morgan fingerprint density at radius 1 is 0.641 bits per heavy atom. The fourth-order valence-corrected chi connectivity index (χ4v) is 7.93. The number of carbonyl (C=O) groups excluding carboxylic acids is 12. The van der Waals surface area contributed by atoms with Gasteiger partial charge in [0.1, 0.15) is 48.0 Å². The van der Waals surface area contributed by atoms with Gasteiger partial charge in [-0.15, -0.1) is 0 Å². The van der Waals surface area contributed by atoms with Gasteiger partial charge in [-0.3, -0.25) is 67.1 Å². The molecule has 1 aliphatic rings. The Labute approximate surface area is 446 Å². The van der Waals surface area contributed by atoms with Crippen LogP contribution in [0.5, 0.6) is 5.75 Å². The number of carboxylic acid groups (broad SMARTS) is 2. The number of benzene rings is 1. The number of carboxylic acids is 2. The molecule has 1 fully saturated rings. The molecule has 0 spiro atoms. The molecule has 30 nitrogen and oxygen atoms in total. The highest BCUT2D eigenvalue weighted by Crippen LogP contribution is 2.26. The zero-order chi connectivity index (χ0) is 59.0. The van der Waals surface area contributed by atoms with Crippen LogP contribution in [-0.2, 0) is 73.5 Å². The Balaban J connectivity index is 2.18. The Morgan fingerprint density at radius 3 is 1.62 bits per heavy atom. The van der Waals surface area contributed by atoms with Crippen LogP contribution in [0.2, 0.25) is 0 Å². The number of primary amides is 1. The summed E-state index contributed by atoms with van der Waals surface area (Å²) in [5, 5.41) is 75.3. The van der Waals surface area contributed by atoms with Crippen molar-refractivity contribution in [1.82, 2.24) is 47.4 Å². The van der Waals surface area contributed by atoms with Gasteiger partial charge in [-0.1, -0.05) is 39.3 Å². The quantitative estimate of drug-likeness (QED) is 0.0226. The van der Waals surface area contributed by atoms with Gasteiger partial charge in [-0.2, -0.15) is 0 Å². The third-order valence-corrected chi connectivity index (χ3v) is 12.1. The smallest absolute Gasteiger partial charge is 0.303 e. The maximum Gasteiger partial charge on any atom is 0.303 e. The summed E-state index contributed by atoms with van der Waals surface area (Å²) in [6, 6.07) is -7.18. The molecule has 78 heavy (non-hydrogen) atoms. The van der Waals surface area contributed by atoms with Crippen LogP contribution in [0, 0.1) is 11.8 Å². The molecule has 0 aliphatic carbocycles. The van der Waals surface area contributed by atoms with Gasteiger partial charge in [-0.25, -0.2) is 0 Å². The summed E-state index contributed by atoms with van der Waals surface area (Å²) in [6.07, 6.45) is -2.11. The van der Waals surface area contributed by atoms with Crippen LogP contribution in [0.25, 0.3) is 0 Å². The minimum absolute atomic E-state index is 0.0279. The number of phenols is 1. The van der Waals surface area contributed by atoms with E-state index in [1.54, 1.807) is 6.92 Å².